The Labute approximate surface area is 101 Å². The van der Waals surface area contributed by atoms with Crippen molar-refractivity contribution < 1.29 is 8.42 Å². The third kappa shape index (κ3) is 2.97. The first-order valence-corrected chi connectivity index (χ1v) is 7.44. The average molecular weight is 260 g/mol. The highest BCUT2D eigenvalue weighted by molar-refractivity contribution is 7.91. The molecule has 5 heteroatoms. The van der Waals surface area contributed by atoms with Gasteiger partial charge in [0.1, 0.15) is 0 Å². The Kier molecular flexibility index (Phi) is 3.52. The summed E-state index contributed by atoms with van der Waals surface area (Å²) in [7, 11) is -2.94. The molecule has 1 aromatic rings. The largest absolute Gasteiger partial charge is 0.307 e. The highest BCUT2D eigenvalue weighted by atomic mass is 35.5. The van der Waals surface area contributed by atoms with E-state index in [4.69, 9.17) is 11.6 Å². The van der Waals surface area contributed by atoms with Gasteiger partial charge in [-0.3, -0.25) is 0 Å². The van der Waals surface area contributed by atoms with Gasteiger partial charge >= 0.3 is 0 Å². The zero-order valence-electron chi connectivity index (χ0n) is 8.77. The smallest absolute Gasteiger partial charge is 0.153 e. The summed E-state index contributed by atoms with van der Waals surface area (Å²) in [5, 5.41) is 2.88. The van der Waals surface area contributed by atoms with Crippen LogP contribution in [0.15, 0.2) is 30.3 Å². The fourth-order valence-corrected chi connectivity index (χ4v) is 4.45. The van der Waals surface area contributed by atoms with Gasteiger partial charge < -0.3 is 5.32 Å². The summed E-state index contributed by atoms with van der Waals surface area (Å²) in [4.78, 5) is 0. The molecule has 1 aliphatic rings. The van der Waals surface area contributed by atoms with Crippen molar-refractivity contribution in [1.82, 2.24) is 5.32 Å². The monoisotopic (exact) mass is 259 g/mol. The van der Waals surface area contributed by atoms with E-state index in [2.05, 4.69) is 5.32 Å². The molecular formula is C11H14ClNO2S. The quantitative estimate of drug-likeness (QED) is 0.830. The van der Waals surface area contributed by atoms with Gasteiger partial charge in [-0.05, 0) is 5.56 Å². The van der Waals surface area contributed by atoms with Crippen LogP contribution in [0.4, 0.5) is 0 Å². The molecule has 0 amide bonds. The molecule has 3 nitrogen and oxygen atoms in total. The molecule has 0 bridgehead atoms. The molecule has 0 aromatic heterocycles. The first kappa shape index (κ1) is 11.9. The number of benzene rings is 1. The number of halogens is 1. The Bertz CT molecular complexity index is 446. The van der Waals surface area contributed by atoms with Gasteiger partial charge in [-0.25, -0.2) is 8.42 Å². The van der Waals surface area contributed by atoms with Crippen LogP contribution in [0.2, 0.25) is 0 Å². The van der Waals surface area contributed by atoms with E-state index in [1.54, 1.807) is 0 Å². The highest BCUT2D eigenvalue weighted by Gasteiger charge is 2.35. The molecule has 1 aromatic carbocycles. The van der Waals surface area contributed by atoms with E-state index in [1.165, 1.54) is 0 Å². The molecule has 1 N–H and O–H groups in total. The third-order valence-corrected chi connectivity index (χ3v) is 5.07. The van der Waals surface area contributed by atoms with Crippen LogP contribution in [0.5, 0.6) is 0 Å². The van der Waals surface area contributed by atoms with E-state index in [1.807, 2.05) is 30.3 Å². The van der Waals surface area contributed by atoms with Crippen molar-refractivity contribution in [1.29, 1.82) is 0 Å². The van der Waals surface area contributed by atoms with Gasteiger partial charge in [0.25, 0.3) is 0 Å². The number of sulfone groups is 1. The number of hydrogen-bond acceptors (Lipinski definition) is 3. The van der Waals surface area contributed by atoms with Crippen molar-refractivity contribution >= 4 is 21.4 Å². The summed E-state index contributed by atoms with van der Waals surface area (Å²) in [5.41, 5.74) is 1.13. The van der Waals surface area contributed by atoms with E-state index in [9.17, 15) is 8.42 Å². The van der Waals surface area contributed by atoms with Gasteiger partial charge in [0.15, 0.2) is 9.84 Å². The van der Waals surface area contributed by atoms with Gasteiger partial charge in [-0.2, -0.15) is 0 Å². The van der Waals surface area contributed by atoms with Gasteiger partial charge in [-0.1, -0.05) is 30.3 Å². The molecule has 1 aliphatic heterocycles. The maximum absolute atomic E-state index is 11.3. The molecule has 0 spiro atoms. The predicted octanol–water partition coefficient (Wildman–Crippen LogP) is 1.18. The molecule has 0 unspecified atom stereocenters. The van der Waals surface area contributed by atoms with Gasteiger partial charge in [0.05, 0.1) is 16.9 Å². The maximum Gasteiger partial charge on any atom is 0.153 e. The average Bonchev–Trinajstić information content (AvgIpc) is 2.50. The van der Waals surface area contributed by atoms with Crippen molar-refractivity contribution in [2.45, 2.75) is 18.0 Å². The standard InChI is InChI=1S/C11H14ClNO2S/c12-10-7-16(14,15)8-11(10)13-6-9-4-2-1-3-5-9/h1-5,10-11,13H,6-8H2/t10-,11-/m1/s1. The third-order valence-electron chi connectivity index (χ3n) is 2.69. The van der Waals surface area contributed by atoms with Crippen LogP contribution in [0.25, 0.3) is 0 Å². The predicted molar refractivity (Wildman–Crippen MR) is 65.4 cm³/mol. The van der Waals surface area contributed by atoms with E-state index >= 15 is 0 Å². The summed E-state index contributed by atoms with van der Waals surface area (Å²) in [6, 6.07) is 9.74. The lowest BCUT2D eigenvalue weighted by Gasteiger charge is -2.14. The molecule has 1 heterocycles. The first-order valence-electron chi connectivity index (χ1n) is 5.19. The molecule has 88 valence electrons. The Morgan fingerprint density at radius 2 is 1.94 bits per heavy atom. The fourth-order valence-electron chi connectivity index (χ4n) is 1.84. The summed E-state index contributed by atoms with van der Waals surface area (Å²) >= 11 is 5.99. The minimum Gasteiger partial charge on any atom is -0.307 e. The summed E-state index contributed by atoms with van der Waals surface area (Å²) in [6.45, 7) is 0.657. The Morgan fingerprint density at radius 3 is 2.50 bits per heavy atom. The molecule has 2 atom stereocenters. The molecule has 0 saturated carbocycles. The summed E-state index contributed by atoms with van der Waals surface area (Å²) < 4.78 is 22.7. The second-order valence-electron chi connectivity index (χ2n) is 4.07. The second kappa shape index (κ2) is 4.73. The SMILES string of the molecule is O=S1(=O)C[C@@H](Cl)[C@H](NCc2ccccc2)C1. The Morgan fingerprint density at radius 1 is 1.25 bits per heavy atom. The van der Waals surface area contributed by atoms with Gasteiger partial charge in [0.2, 0.25) is 0 Å². The number of nitrogens with one attached hydrogen (secondary N) is 1. The molecular weight excluding hydrogens is 246 g/mol. The maximum atomic E-state index is 11.3. The minimum atomic E-state index is -2.94. The normalized spacial score (nSPS) is 28.1. The number of alkyl halides is 1. The van der Waals surface area contributed by atoms with Crippen molar-refractivity contribution in [3.63, 3.8) is 0 Å². The molecule has 2 rings (SSSR count). The zero-order valence-corrected chi connectivity index (χ0v) is 10.3. The summed E-state index contributed by atoms with van der Waals surface area (Å²) in [5.74, 6) is 0.231. The van der Waals surface area contributed by atoms with Crippen LogP contribution >= 0.6 is 11.6 Å². The van der Waals surface area contributed by atoms with Crippen molar-refractivity contribution in [2.24, 2.45) is 0 Å². The topological polar surface area (TPSA) is 46.2 Å². The van der Waals surface area contributed by atoms with Crippen LogP contribution in [-0.4, -0.2) is 31.3 Å². The van der Waals surface area contributed by atoms with E-state index in [0.29, 0.717) is 6.54 Å². The Balaban J connectivity index is 1.92. The summed E-state index contributed by atoms with van der Waals surface area (Å²) in [6.07, 6.45) is 0. The lowest BCUT2D eigenvalue weighted by Crippen LogP contribution is -2.35. The highest BCUT2D eigenvalue weighted by Crippen LogP contribution is 2.18. The molecule has 1 fully saturated rings. The lowest BCUT2D eigenvalue weighted by atomic mass is 10.2. The number of hydrogen-bond donors (Lipinski definition) is 1. The van der Waals surface area contributed by atoms with E-state index in [-0.39, 0.29) is 22.9 Å². The molecule has 16 heavy (non-hydrogen) atoms. The van der Waals surface area contributed by atoms with E-state index in [0.717, 1.165) is 5.56 Å². The Hall–Kier alpha value is -0.580. The lowest BCUT2D eigenvalue weighted by molar-refractivity contribution is 0.558. The molecule has 1 saturated heterocycles. The second-order valence-corrected chi connectivity index (χ2v) is 6.78. The van der Waals surface area contributed by atoms with Gasteiger partial charge in [-0.15, -0.1) is 11.6 Å². The minimum absolute atomic E-state index is 0.0843. The van der Waals surface area contributed by atoms with Crippen LogP contribution in [0.3, 0.4) is 0 Å². The van der Waals surface area contributed by atoms with Crippen LogP contribution < -0.4 is 5.32 Å². The first-order chi connectivity index (χ1) is 7.57. The van der Waals surface area contributed by atoms with Crippen LogP contribution in [0, 0.1) is 0 Å². The van der Waals surface area contributed by atoms with Gasteiger partial charge in [0, 0.05) is 12.6 Å². The number of rotatable bonds is 3. The van der Waals surface area contributed by atoms with Crippen LogP contribution in [-0.2, 0) is 16.4 Å². The molecule has 0 aliphatic carbocycles. The van der Waals surface area contributed by atoms with E-state index < -0.39 is 9.84 Å². The zero-order chi connectivity index (χ0) is 11.6. The van der Waals surface area contributed by atoms with Crippen molar-refractivity contribution in [3.8, 4) is 0 Å². The fraction of sp³-hybridized carbons (Fsp3) is 0.455. The van der Waals surface area contributed by atoms with Crippen LogP contribution in [0.1, 0.15) is 5.56 Å². The molecule has 0 radical (unpaired) electrons. The van der Waals surface area contributed by atoms with Crippen molar-refractivity contribution in [2.75, 3.05) is 11.5 Å². The van der Waals surface area contributed by atoms with Crippen molar-refractivity contribution in [3.05, 3.63) is 35.9 Å².